The van der Waals surface area contributed by atoms with Crippen LogP contribution in [0.2, 0.25) is 0 Å². The van der Waals surface area contributed by atoms with Crippen molar-refractivity contribution in [3.05, 3.63) is 71.8 Å². The zero-order valence-corrected chi connectivity index (χ0v) is 60.5. The fourth-order valence-corrected chi connectivity index (χ4v) is 16.0. The Morgan fingerprint density at radius 2 is 0.878 bits per heavy atom. The monoisotopic (exact) mass is 1360 g/mol. The van der Waals surface area contributed by atoms with E-state index in [2.05, 4.69) is 10.6 Å². The van der Waals surface area contributed by atoms with Crippen molar-refractivity contribution in [2.75, 3.05) is 41.3 Å². The molecule has 0 saturated carbocycles. The summed E-state index contributed by atoms with van der Waals surface area (Å²) in [5.41, 5.74) is 0.444. The molecule has 2 aromatic rings. The molecule has 0 aliphatic carbocycles. The Bertz CT molecular complexity index is 3040. The van der Waals surface area contributed by atoms with E-state index in [0.717, 1.165) is 116 Å². The Labute approximate surface area is 582 Å². The third-order valence-electron chi connectivity index (χ3n) is 21.3. The summed E-state index contributed by atoms with van der Waals surface area (Å²) in [6.45, 7) is 12.7. The van der Waals surface area contributed by atoms with Crippen molar-refractivity contribution in [2.45, 2.75) is 275 Å². The Kier molecular flexibility index (Phi) is 30.0. The molecule has 6 saturated heterocycles. The maximum atomic E-state index is 14.3. The average Bonchev–Trinajstić information content (AvgIpc) is 1.61. The van der Waals surface area contributed by atoms with Crippen molar-refractivity contribution in [1.82, 2.24) is 30.2 Å². The first-order valence-electron chi connectivity index (χ1n) is 37.0. The van der Waals surface area contributed by atoms with Crippen molar-refractivity contribution in [3.8, 4) is 0 Å². The van der Waals surface area contributed by atoms with Gasteiger partial charge in [0.15, 0.2) is 23.1 Å². The molecule has 6 aliphatic rings. The van der Waals surface area contributed by atoms with E-state index >= 15 is 0 Å². The summed E-state index contributed by atoms with van der Waals surface area (Å²) < 4.78 is 12.6. The van der Waals surface area contributed by atoms with Crippen molar-refractivity contribution in [1.29, 1.82) is 0 Å². The molecule has 0 spiro atoms. The molecule has 0 aromatic heterocycles. The standard InChI is InChI=1S/C39H59N3O7.C39H57N3O7/c2*1-26-17-13-10-8-6-7-9-11-14-20-28(23-31(44)35-29-24-39(2,3)49-32(29)25-42(35)37(26)47)36(46)30(43)21-22-33(45)40-34(38(48)41(4)5)27-18-15-12-16-19-27/h12,15-16,18-19,26,28-29,32,34-36,46H,6-11,13-14,17,20-25H2,1-5H3,(H,40,45);12,15-16,18-19,26,28-29,32,34-35H,6-11,13-14,17,20-25H2,1-5H3,(H,40,45)/t26-,28+,29-,32?,34-,35?,36?;26-,28+,29-,32?,34-,35?/m00/s1. The number of carbonyl (C=O) groups is 11. The Morgan fingerprint density at radius 3 is 1.29 bits per heavy atom. The smallest absolute Gasteiger partial charge is 0.249 e. The zero-order valence-electron chi connectivity index (χ0n) is 60.5. The number of nitrogens with zero attached hydrogens (tertiary/aromatic N) is 4. The summed E-state index contributed by atoms with van der Waals surface area (Å²) in [7, 11) is 6.44. The van der Waals surface area contributed by atoms with Crippen LogP contribution in [0.5, 0.6) is 0 Å². The van der Waals surface area contributed by atoms with Crippen LogP contribution in [0, 0.1) is 35.5 Å². The molecule has 0 radical (unpaired) electrons. The number of rotatable bonds is 16. The third-order valence-corrected chi connectivity index (χ3v) is 21.3. The minimum atomic E-state index is -1.41. The number of Topliss-reactive ketones (excluding diaryl/α,β-unsaturated/α-hetero) is 5. The molecular weight excluding hydrogens is 1240 g/mol. The highest BCUT2D eigenvalue weighted by Gasteiger charge is 2.57. The van der Waals surface area contributed by atoms with Crippen LogP contribution in [0.4, 0.5) is 0 Å². The number of ether oxygens (including phenoxy) is 2. The molecule has 8 rings (SSSR count). The molecule has 2 aromatic carbocycles. The van der Waals surface area contributed by atoms with Gasteiger partial charge in [-0.2, -0.15) is 0 Å². The topological polar surface area (TPSA) is 263 Å². The molecule has 20 nitrogen and oxygen atoms in total. The van der Waals surface area contributed by atoms with Crippen LogP contribution in [0.1, 0.15) is 245 Å². The Hall–Kier alpha value is -6.51. The van der Waals surface area contributed by atoms with Gasteiger partial charge in [0.2, 0.25) is 41.2 Å². The SMILES string of the molecule is C[C@H]1CCCCCCCCCC[C@@H](C(=O)C(=O)CCC(=O)N[C@H](C(=O)N(C)C)c2ccccc2)CC(=O)C2[C@H]3CC(C)(C)OC3CN2C1=O.C[C@H]1CCCCCCCCCC[C@@H](C(O)C(=O)CCC(=O)N[C@H](C(=O)N(C)C)c2ccccc2)CC(=O)C2[C@H]3CC(C)(C)OC3CN2C1=O. The van der Waals surface area contributed by atoms with Gasteiger partial charge < -0.3 is 44.8 Å². The molecule has 3 N–H and O–H groups in total. The zero-order chi connectivity index (χ0) is 71.4. The summed E-state index contributed by atoms with van der Waals surface area (Å²) in [4.78, 5) is 155. The third kappa shape index (κ3) is 22.2. The van der Waals surface area contributed by atoms with Crippen LogP contribution >= 0.6 is 0 Å². The molecule has 6 amide bonds. The molecule has 5 unspecified atom stereocenters. The van der Waals surface area contributed by atoms with E-state index in [1.165, 1.54) is 9.80 Å². The Morgan fingerprint density at radius 1 is 0.510 bits per heavy atom. The number of benzene rings is 2. The maximum Gasteiger partial charge on any atom is 0.249 e. The van der Waals surface area contributed by atoms with Gasteiger partial charge in [0, 0.05) is 109 Å². The molecule has 98 heavy (non-hydrogen) atoms. The van der Waals surface area contributed by atoms with Gasteiger partial charge >= 0.3 is 0 Å². The highest BCUT2D eigenvalue weighted by atomic mass is 16.5. The summed E-state index contributed by atoms with van der Waals surface area (Å²) in [5.74, 6) is -5.88. The highest BCUT2D eigenvalue weighted by Crippen LogP contribution is 2.46. The van der Waals surface area contributed by atoms with Gasteiger partial charge in [-0.3, -0.25) is 52.7 Å². The molecule has 6 fully saturated rings. The van der Waals surface area contributed by atoms with E-state index in [1.807, 2.05) is 53.7 Å². The quantitative estimate of drug-likeness (QED) is 0.132. The van der Waals surface area contributed by atoms with E-state index < -0.39 is 82.5 Å². The number of carbonyl (C=O) groups excluding carboxylic acids is 11. The minimum Gasteiger partial charge on any atom is -0.385 e. The molecule has 6 heterocycles. The van der Waals surface area contributed by atoms with E-state index in [4.69, 9.17) is 9.47 Å². The largest absolute Gasteiger partial charge is 0.385 e. The summed E-state index contributed by atoms with van der Waals surface area (Å²) >= 11 is 0. The normalized spacial score (nSPS) is 27.7. The molecule has 6 aliphatic heterocycles. The van der Waals surface area contributed by atoms with Crippen LogP contribution in [-0.4, -0.2) is 172 Å². The van der Waals surface area contributed by atoms with Crippen molar-refractivity contribution in [3.63, 3.8) is 0 Å². The van der Waals surface area contributed by atoms with Gasteiger partial charge in [-0.1, -0.05) is 177 Å². The van der Waals surface area contributed by atoms with Gasteiger partial charge in [0.25, 0.3) is 0 Å². The molecule has 0 bridgehead atoms. The predicted molar refractivity (Wildman–Crippen MR) is 374 cm³/mol. The maximum absolute atomic E-state index is 14.3. The van der Waals surface area contributed by atoms with Crippen molar-refractivity contribution < 1.29 is 67.3 Å². The van der Waals surface area contributed by atoms with E-state index in [9.17, 15) is 57.8 Å². The first kappa shape index (κ1) is 78.8. The fourth-order valence-electron chi connectivity index (χ4n) is 16.0. The van der Waals surface area contributed by atoms with E-state index in [-0.39, 0.29) is 110 Å². The lowest BCUT2D eigenvalue weighted by molar-refractivity contribution is -0.144. The minimum absolute atomic E-state index is 0.0146. The van der Waals surface area contributed by atoms with Crippen LogP contribution in [-0.2, 0) is 62.2 Å². The van der Waals surface area contributed by atoms with Gasteiger partial charge in [0.05, 0.1) is 35.5 Å². The fraction of sp³-hybridized carbons (Fsp3) is 0.705. The second-order valence-electron chi connectivity index (χ2n) is 30.8. The first-order chi connectivity index (χ1) is 46.6. The molecule has 542 valence electrons. The second kappa shape index (κ2) is 37.2. The van der Waals surface area contributed by atoms with Crippen molar-refractivity contribution >= 4 is 64.4 Å². The number of aliphatic hydroxyl groups is 1. The number of likely N-dealkylation sites (N-methyl/N-ethyl adjacent to an activating group) is 2. The van der Waals surface area contributed by atoms with Gasteiger partial charge in [-0.05, 0) is 83.3 Å². The summed E-state index contributed by atoms with van der Waals surface area (Å²) in [6.07, 6.45) is 17.1. The summed E-state index contributed by atoms with van der Waals surface area (Å²) in [6, 6.07) is 14.6. The number of hydrogen-bond donors (Lipinski definition) is 3. The van der Waals surface area contributed by atoms with Crippen LogP contribution in [0.15, 0.2) is 60.7 Å². The molecular formula is C78H116N6O14. The molecule has 20 heteroatoms. The lowest BCUT2D eigenvalue weighted by Gasteiger charge is -2.32. The number of amides is 6. The van der Waals surface area contributed by atoms with Gasteiger partial charge in [0.1, 0.15) is 18.2 Å². The lowest BCUT2D eigenvalue weighted by atomic mass is 9.82. The van der Waals surface area contributed by atoms with Gasteiger partial charge in [-0.15, -0.1) is 0 Å². The van der Waals surface area contributed by atoms with E-state index in [1.54, 1.807) is 86.5 Å². The Balaban J connectivity index is 0.000000276. The number of ketones is 5. The van der Waals surface area contributed by atoms with Crippen LogP contribution in [0.3, 0.4) is 0 Å². The van der Waals surface area contributed by atoms with Crippen molar-refractivity contribution in [2.24, 2.45) is 35.5 Å². The molecule has 13 atom stereocenters. The second-order valence-corrected chi connectivity index (χ2v) is 30.8. The van der Waals surface area contributed by atoms with Crippen LogP contribution in [0.25, 0.3) is 0 Å². The number of aliphatic hydroxyl groups excluding tert-OH is 1. The highest BCUT2D eigenvalue weighted by molar-refractivity contribution is 6.38. The van der Waals surface area contributed by atoms with E-state index in [0.29, 0.717) is 49.9 Å². The predicted octanol–water partition coefficient (Wildman–Crippen LogP) is 10.5. The van der Waals surface area contributed by atoms with Gasteiger partial charge in [-0.25, -0.2) is 0 Å². The number of nitrogens with one attached hydrogen (secondary N) is 2. The number of fused-ring (bicyclic) bond motifs is 6. The van der Waals surface area contributed by atoms with Crippen LogP contribution < -0.4 is 10.6 Å². The number of hydrogen-bond acceptors (Lipinski definition) is 14. The first-order valence-corrected chi connectivity index (χ1v) is 37.0. The lowest BCUT2D eigenvalue weighted by Crippen LogP contribution is -2.47. The average molecular weight is 1360 g/mol. The summed E-state index contributed by atoms with van der Waals surface area (Å²) in [5, 5.41) is 16.9.